The van der Waals surface area contributed by atoms with Crippen LogP contribution >= 0.6 is 0 Å². The average Bonchev–Trinajstić information content (AvgIpc) is 2.46. The second-order valence-corrected chi connectivity index (χ2v) is 7.81. The zero-order valence-electron chi connectivity index (χ0n) is 14.3. The van der Waals surface area contributed by atoms with Crippen LogP contribution in [0.3, 0.4) is 0 Å². The zero-order valence-corrected chi connectivity index (χ0v) is 15.1. The van der Waals surface area contributed by atoms with Gasteiger partial charge in [0.05, 0.1) is 5.75 Å². The number of anilines is 2. The Kier molecular flexibility index (Phi) is 4.27. The molecule has 3 rings (SSSR count). The number of benzene rings is 2. The maximum Gasteiger partial charge on any atom is 0.288 e. The van der Waals surface area contributed by atoms with Crippen LogP contribution in [0.5, 0.6) is 11.5 Å². The van der Waals surface area contributed by atoms with Gasteiger partial charge >= 0.3 is 0 Å². The third-order valence-electron chi connectivity index (χ3n) is 3.81. The molecule has 0 fully saturated rings. The molecule has 2 aromatic rings. The highest BCUT2D eigenvalue weighted by molar-refractivity contribution is 7.86. The van der Waals surface area contributed by atoms with Gasteiger partial charge in [0.1, 0.15) is 11.4 Å². The fourth-order valence-electron chi connectivity index (χ4n) is 2.85. The summed E-state index contributed by atoms with van der Waals surface area (Å²) >= 11 is 0. The van der Waals surface area contributed by atoms with Crippen molar-refractivity contribution in [2.75, 3.05) is 10.8 Å². The summed E-state index contributed by atoms with van der Waals surface area (Å²) in [7, 11) is -3.69. The smallest absolute Gasteiger partial charge is 0.288 e. The molecule has 0 atom stereocenters. The van der Waals surface area contributed by atoms with E-state index in [0.29, 0.717) is 29.3 Å². The summed E-state index contributed by atoms with van der Waals surface area (Å²) in [5.74, 6) is 1.13. The Morgan fingerprint density at radius 3 is 2.50 bits per heavy atom. The maximum absolute atomic E-state index is 12.3. The van der Waals surface area contributed by atoms with Crippen LogP contribution in [0.2, 0.25) is 0 Å². The summed E-state index contributed by atoms with van der Waals surface area (Å²) in [5.41, 5.74) is 4.14. The molecule has 0 aromatic heterocycles. The van der Waals surface area contributed by atoms with Crippen molar-refractivity contribution in [2.24, 2.45) is 0 Å². The van der Waals surface area contributed by atoms with E-state index >= 15 is 0 Å². The summed E-state index contributed by atoms with van der Waals surface area (Å²) in [6.07, 6.45) is 0.493. The average molecular weight is 347 g/mol. The topological polar surface area (TPSA) is 55.8 Å². The number of fused-ring (bicyclic) bond motifs is 2. The van der Waals surface area contributed by atoms with Gasteiger partial charge in [-0.15, -0.1) is 4.28 Å². The minimum atomic E-state index is -3.69. The van der Waals surface area contributed by atoms with Gasteiger partial charge in [0.25, 0.3) is 10.1 Å². The Morgan fingerprint density at radius 2 is 1.79 bits per heavy atom. The highest BCUT2D eigenvalue weighted by Gasteiger charge is 2.31. The molecule has 0 aliphatic carbocycles. The first-order valence-electron chi connectivity index (χ1n) is 7.93. The molecule has 1 aliphatic heterocycles. The normalized spacial score (nSPS) is 13.2. The molecule has 0 saturated heterocycles. The van der Waals surface area contributed by atoms with E-state index in [2.05, 4.69) is 0 Å². The monoisotopic (exact) mass is 347 g/mol. The van der Waals surface area contributed by atoms with Crippen molar-refractivity contribution in [3.8, 4) is 11.5 Å². The molecule has 0 N–H and O–H groups in total. The van der Waals surface area contributed by atoms with Gasteiger partial charge < -0.3 is 4.74 Å². The molecule has 0 bridgehead atoms. The lowest BCUT2D eigenvalue weighted by Crippen LogP contribution is -2.27. The van der Waals surface area contributed by atoms with E-state index in [4.69, 9.17) is 9.02 Å². The molecular weight excluding hydrogens is 326 g/mol. The molecule has 0 saturated carbocycles. The Bertz CT molecular complexity index is 890. The van der Waals surface area contributed by atoms with Crippen LogP contribution in [0.15, 0.2) is 30.3 Å². The van der Waals surface area contributed by atoms with Crippen LogP contribution in [0, 0.1) is 20.8 Å². The van der Waals surface area contributed by atoms with Crippen molar-refractivity contribution in [3.63, 3.8) is 0 Å². The Balaban J connectivity index is 2.18. The van der Waals surface area contributed by atoms with E-state index in [9.17, 15) is 8.42 Å². The number of hydrogen-bond donors (Lipinski definition) is 0. The van der Waals surface area contributed by atoms with Crippen molar-refractivity contribution in [2.45, 2.75) is 34.1 Å². The lowest BCUT2D eigenvalue weighted by atomic mass is 10.1. The third kappa shape index (κ3) is 3.12. The van der Waals surface area contributed by atoms with Crippen molar-refractivity contribution in [1.29, 1.82) is 0 Å². The number of ether oxygens (including phenoxy) is 1. The van der Waals surface area contributed by atoms with Crippen LogP contribution < -0.4 is 9.80 Å². The lowest BCUT2D eigenvalue weighted by Gasteiger charge is -2.32. The van der Waals surface area contributed by atoms with E-state index in [1.54, 1.807) is 6.92 Å². The van der Waals surface area contributed by atoms with Gasteiger partial charge in [0, 0.05) is 0 Å². The van der Waals surface area contributed by atoms with Crippen molar-refractivity contribution >= 4 is 21.5 Å². The highest BCUT2D eigenvalue weighted by atomic mass is 32.2. The van der Waals surface area contributed by atoms with E-state index in [1.165, 1.54) is 5.06 Å². The molecule has 6 heteroatoms. The molecule has 5 nitrogen and oxygen atoms in total. The van der Waals surface area contributed by atoms with Gasteiger partial charge in [-0.2, -0.15) is 13.5 Å². The molecule has 1 heterocycles. The quantitative estimate of drug-likeness (QED) is 0.813. The Morgan fingerprint density at radius 1 is 1.04 bits per heavy atom. The molecule has 0 spiro atoms. The fraction of sp³-hybridized carbons (Fsp3) is 0.333. The zero-order chi connectivity index (χ0) is 17.5. The van der Waals surface area contributed by atoms with Crippen LogP contribution in [-0.2, 0) is 14.4 Å². The predicted molar refractivity (Wildman–Crippen MR) is 94.5 cm³/mol. The van der Waals surface area contributed by atoms with Gasteiger partial charge in [-0.1, -0.05) is 19.1 Å². The molecule has 2 aromatic carbocycles. The van der Waals surface area contributed by atoms with Crippen molar-refractivity contribution in [1.82, 2.24) is 0 Å². The van der Waals surface area contributed by atoms with Crippen molar-refractivity contribution in [3.05, 3.63) is 47.0 Å². The number of aryl methyl sites for hydroxylation is 3. The number of hydrogen-bond acceptors (Lipinski definition) is 5. The lowest BCUT2D eigenvalue weighted by molar-refractivity contribution is 0.307. The predicted octanol–water partition coefficient (Wildman–Crippen LogP) is 4.53. The van der Waals surface area contributed by atoms with Gasteiger partial charge in [-0.25, -0.2) is 0 Å². The number of nitrogens with zero attached hydrogens (tertiary/aromatic N) is 1. The summed E-state index contributed by atoms with van der Waals surface area (Å²) in [6.45, 7) is 7.64. The van der Waals surface area contributed by atoms with Crippen molar-refractivity contribution < 1.29 is 17.4 Å². The van der Waals surface area contributed by atoms with Gasteiger partial charge in [-0.05, 0) is 62.1 Å². The second kappa shape index (κ2) is 6.11. The Hall–Kier alpha value is -2.05. The van der Waals surface area contributed by atoms with E-state index in [0.717, 1.165) is 16.7 Å². The first-order chi connectivity index (χ1) is 11.3. The summed E-state index contributed by atoms with van der Waals surface area (Å²) < 4.78 is 36.0. The van der Waals surface area contributed by atoms with E-state index < -0.39 is 10.1 Å². The van der Waals surface area contributed by atoms with Crippen LogP contribution in [0.4, 0.5) is 11.4 Å². The Labute approximate surface area is 142 Å². The van der Waals surface area contributed by atoms with Crippen LogP contribution in [0.25, 0.3) is 0 Å². The van der Waals surface area contributed by atoms with Gasteiger partial charge in [-0.3, -0.25) is 0 Å². The maximum atomic E-state index is 12.3. The van der Waals surface area contributed by atoms with E-state index in [-0.39, 0.29) is 5.75 Å². The van der Waals surface area contributed by atoms with Crippen LogP contribution in [-0.4, -0.2) is 14.2 Å². The standard InChI is InChI=1S/C18H21NO4S/c1-5-8-24(20,21)23-19-15-10-12(2)6-7-16(15)22-17-11-13(3)9-14(4)18(17)19/h6-7,9-11H,5,8H2,1-4H3. The fourth-order valence-corrected chi connectivity index (χ4v) is 3.81. The molecule has 128 valence electrons. The van der Waals surface area contributed by atoms with Gasteiger partial charge in [0.2, 0.25) is 0 Å². The molecule has 1 aliphatic rings. The largest absolute Gasteiger partial charge is 0.453 e. The van der Waals surface area contributed by atoms with Gasteiger partial charge in [0.15, 0.2) is 11.5 Å². The first-order valence-corrected chi connectivity index (χ1v) is 9.50. The highest BCUT2D eigenvalue weighted by Crippen LogP contribution is 2.49. The molecular formula is C18H21NO4S. The summed E-state index contributed by atoms with van der Waals surface area (Å²) in [6, 6.07) is 9.47. The molecule has 0 radical (unpaired) electrons. The summed E-state index contributed by atoms with van der Waals surface area (Å²) in [5, 5.41) is 1.39. The molecule has 0 amide bonds. The summed E-state index contributed by atoms with van der Waals surface area (Å²) in [4.78, 5) is 0. The van der Waals surface area contributed by atoms with E-state index in [1.807, 2.05) is 51.1 Å². The first kappa shape index (κ1) is 16.8. The molecule has 24 heavy (non-hydrogen) atoms. The van der Waals surface area contributed by atoms with Crippen LogP contribution in [0.1, 0.15) is 30.0 Å². The minimum Gasteiger partial charge on any atom is -0.453 e. The SMILES string of the molecule is CCCS(=O)(=O)ON1c2cc(C)ccc2Oc2cc(C)cc(C)c21. The number of rotatable bonds is 4. The third-order valence-corrected chi connectivity index (χ3v) is 5.09. The minimum absolute atomic E-state index is 0.0360. The second-order valence-electron chi connectivity index (χ2n) is 6.13. The molecule has 0 unspecified atom stereocenters.